The standard InChI is InChI=1S/C25H26N6O2/c1-25(2,3)33-24(32)28-13-4-5-16-6-8-17(9-7-16)15-31-14-12-18-20(31)11-10-19-21(18)22(26)30-23(27)29-19/h6-12,14H,13,15H2,1-3H3,(H,28,32)(H4,26,27,29,30). The molecule has 0 aliphatic carbocycles. The van der Waals surface area contributed by atoms with Crippen molar-refractivity contribution in [3.05, 3.63) is 59.8 Å². The van der Waals surface area contributed by atoms with Crippen LogP contribution in [0.15, 0.2) is 48.7 Å². The highest BCUT2D eigenvalue weighted by Crippen LogP contribution is 2.29. The van der Waals surface area contributed by atoms with Gasteiger partial charge in [-0.05, 0) is 56.7 Å². The van der Waals surface area contributed by atoms with Gasteiger partial charge in [-0.2, -0.15) is 4.98 Å². The third-order valence-electron chi connectivity index (χ3n) is 4.92. The van der Waals surface area contributed by atoms with Crippen molar-refractivity contribution < 1.29 is 9.53 Å². The van der Waals surface area contributed by atoms with Crippen molar-refractivity contribution in [3.63, 3.8) is 0 Å². The van der Waals surface area contributed by atoms with Crippen molar-refractivity contribution in [1.82, 2.24) is 19.9 Å². The van der Waals surface area contributed by atoms with E-state index in [1.54, 1.807) is 0 Å². The Morgan fingerprint density at radius 1 is 1.09 bits per heavy atom. The molecule has 0 spiro atoms. The Hall–Kier alpha value is -4.25. The molecule has 0 radical (unpaired) electrons. The first-order chi connectivity index (χ1) is 15.7. The predicted octanol–water partition coefficient (Wildman–Crippen LogP) is 3.67. The number of alkyl carbamates (subject to hydrolysis) is 1. The minimum Gasteiger partial charge on any atom is -0.444 e. The maximum absolute atomic E-state index is 11.6. The summed E-state index contributed by atoms with van der Waals surface area (Å²) < 4.78 is 7.33. The first-order valence-electron chi connectivity index (χ1n) is 10.5. The van der Waals surface area contributed by atoms with Crippen LogP contribution in [0.1, 0.15) is 31.9 Å². The second-order valence-electron chi connectivity index (χ2n) is 8.66. The summed E-state index contributed by atoms with van der Waals surface area (Å²) in [7, 11) is 0. The maximum atomic E-state index is 11.6. The molecule has 0 unspecified atom stereocenters. The van der Waals surface area contributed by atoms with E-state index >= 15 is 0 Å². The summed E-state index contributed by atoms with van der Waals surface area (Å²) in [4.78, 5) is 20.0. The van der Waals surface area contributed by atoms with Crippen LogP contribution in [-0.4, -0.2) is 32.8 Å². The van der Waals surface area contributed by atoms with Crippen molar-refractivity contribution in [3.8, 4) is 11.8 Å². The number of carbonyl (C=O) groups is 1. The minimum atomic E-state index is -0.528. The number of nitrogens with two attached hydrogens (primary N) is 2. The molecule has 2 heterocycles. The number of anilines is 2. The predicted molar refractivity (Wildman–Crippen MR) is 131 cm³/mol. The van der Waals surface area contributed by atoms with Crippen LogP contribution in [0.5, 0.6) is 0 Å². The zero-order valence-corrected chi connectivity index (χ0v) is 18.8. The van der Waals surface area contributed by atoms with Gasteiger partial charge in [-0.15, -0.1) is 0 Å². The van der Waals surface area contributed by atoms with Gasteiger partial charge in [0.2, 0.25) is 5.95 Å². The lowest BCUT2D eigenvalue weighted by molar-refractivity contribution is 0.0535. The van der Waals surface area contributed by atoms with Gasteiger partial charge in [-0.1, -0.05) is 24.0 Å². The number of aromatic nitrogens is 3. The van der Waals surface area contributed by atoms with Gasteiger partial charge in [-0.3, -0.25) is 0 Å². The Kier molecular flexibility index (Phi) is 5.80. The molecule has 4 rings (SSSR count). The molecule has 2 aromatic carbocycles. The fourth-order valence-corrected chi connectivity index (χ4v) is 3.56. The zero-order valence-electron chi connectivity index (χ0n) is 18.8. The number of ether oxygens (including phenoxy) is 1. The van der Waals surface area contributed by atoms with Gasteiger partial charge in [0, 0.05) is 29.2 Å². The molecule has 0 bridgehead atoms. The number of nitrogens with one attached hydrogen (secondary N) is 1. The van der Waals surface area contributed by atoms with Crippen LogP contribution >= 0.6 is 0 Å². The number of benzene rings is 2. The van der Waals surface area contributed by atoms with E-state index in [1.807, 2.05) is 69.4 Å². The molecular formula is C25H26N6O2. The summed E-state index contributed by atoms with van der Waals surface area (Å²) in [5, 5.41) is 4.43. The number of fused-ring (bicyclic) bond motifs is 3. The van der Waals surface area contributed by atoms with Crippen LogP contribution in [0.25, 0.3) is 21.8 Å². The van der Waals surface area contributed by atoms with Crippen molar-refractivity contribution >= 4 is 39.7 Å². The molecule has 8 nitrogen and oxygen atoms in total. The quantitative estimate of drug-likeness (QED) is 0.416. The molecule has 0 aliphatic heterocycles. The summed E-state index contributed by atoms with van der Waals surface area (Å²) in [6, 6.07) is 13.9. The van der Waals surface area contributed by atoms with Crippen LogP contribution in [0.4, 0.5) is 16.6 Å². The molecule has 0 fully saturated rings. The zero-order chi connectivity index (χ0) is 23.6. The lowest BCUT2D eigenvalue weighted by atomic mass is 10.1. The van der Waals surface area contributed by atoms with Gasteiger partial charge in [0.1, 0.15) is 11.4 Å². The molecule has 168 valence electrons. The van der Waals surface area contributed by atoms with Gasteiger partial charge >= 0.3 is 6.09 Å². The topological polar surface area (TPSA) is 121 Å². The largest absolute Gasteiger partial charge is 0.444 e. The Labute approximate surface area is 191 Å². The first kappa shape index (κ1) is 22.0. The summed E-state index contributed by atoms with van der Waals surface area (Å²) >= 11 is 0. The van der Waals surface area contributed by atoms with Gasteiger partial charge in [-0.25, -0.2) is 9.78 Å². The highest BCUT2D eigenvalue weighted by atomic mass is 16.6. The third-order valence-corrected chi connectivity index (χ3v) is 4.92. The molecule has 0 aliphatic rings. The van der Waals surface area contributed by atoms with Crippen molar-refractivity contribution in [2.24, 2.45) is 0 Å². The van der Waals surface area contributed by atoms with Gasteiger partial charge in [0.25, 0.3) is 0 Å². The van der Waals surface area contributed by atoms with E-state index in [4.69, 9.17) is 16.2 Å². The summed E-state index contributed by atoms with van der Waals surface area (Å²) in [5.74, 6) is 6.53. The van der Waals surface area contributed by atoms with Crippen molar-refractivity contribution in [1.29, 1.82) is 0 Å². The highest BCUT2D eigenvalue weighted by molar-refractivity contribution is 6.10. The number of nitrogen functional groups attached to an aromatic ring is 2. The van der Waals surface area contributed by atoms with Crippen LogP contribution in [-0.2, 0) is 11.3 Å². The molecular weight excluding hydrogens is 416 g/mol. The van der Waals surface area contributed by atoms with Crippen LogP contribution in [0.3, 0.4) is 0 Å². The number of hydrogen-bond acceptors (Lipinski definition) is 6. The fraction of sp³-hybridized carbons (Fsp3) is 0.240. The summed E-state index contributed by atoms with van der Waals surface area (Å²) in [6.45, 7) is 6.37. The molecule has 33 heavy (non-hydrogen) atoms. The van der Waals surface area contributed by atoms with Crippen molar-refractivity contribution in [2.45, 2.75) is 32.9 Å². The summed E-state index contributed by atoms with van der Waals surface area (Å²) in [5.41, 5.74) is 15.1. The second-order valence-corrected chi connectivity index (χ2v) is 8.66. The average molecular weight is 443 g/mol. The molecule has 1 amide bonds. The molecule has 0 saturated heterocycles. The molecule has 0 saturated carbocycles. The monoisotopic (exact) mass is 442 g/mol. The Bertz CT molecular complexity index is 1390. The minimum absolute atomic E-state index is 0.169. The molecule has 4 aromatic rings. The number of amides is 1. The van der Waals surface area contributed by atoms with Crippen LogP contribution < -0.4 is 16.8 Å². The first-order valence-corrected chi connectivity index (χ1v) is 10.5. The lowest BCUT2D eigenvalue weighted by Crippen LogP contribution is -2.32. The fourth-order valence-electron chi connectivity index (χ4n) is 3.56. The Balaban J connectivity index is 1.45. The lowest BCUT2D eigenvalue weighted by Gasteiger charge is -2.18. The van der Waals surface area contributed by atoms with Gasteiger partial charge < -0.3 is 26.1 Å². The highest BCUT2D eigenvalue weighted by Gasteiger charge is 2.15. The number of hydrogen-bond donors (Lipinski definition) is 3. The number of carbonyl (C=O) groups excluding carboxylic acids is 1. The number of rotatable bonds is 3. The number of nitrogens with zero attached hydrogens (tertiary/aromatic N) is 3. The maximum Gasteiger partial charge on any atom is 0.408 e. The smallest absolute Gasteiger partial charge is 0.408 e. The van der Waals surface area contributed by atoms with E-state index < -0.39 is 11.7 Å². The van der Waals surface area contributed by atoms with E-state index in [2.05, 4.69) is 31.7 Å². The van der Waals surface area contributed by atoms with Crippen LogP contribution in [0.2, 0.25) is 0 Å². The SMILES string of the molecule is CC(C)(C)OC(=O)NCC#Cc1ccc(Cn2ccc3c4c(N)nc(N)nc4ccc32)cc1. The average Bonchev–Trinajstić information content (AvgIpc) is 3.13. The van der Waals surface area contributed by atoms with Crippen LogP contribution in [0, 0.1) is 11.8 Å². The van der Waals surface area contributed by atoms with E-state index in [-0.39, 0.29) is 12.5 Å². The molecule has 0 atom stereocenters. The Morgan fingerprint density at radius 3 is 2.58 bits per heavy atom. The van der Waals surface area contributed by atoms with Gasteiger partial charge in [0.15, 0.2) is 0 Å². The van der Waals surface area contributed by atoms with Crippen molar-refractivity contribution in [2.75, 3.05) is 18.0 Å². The van der Waals surface area contributed by atoms with Gasteiger partial charge in [0.05, 0.1) is 17.4 Å². The molecule has 2 aromatic heterocycles. The normalized spacial score (nSPS) is 11.2. The summed E-state index contributed by atoms with van der Waals surface area (Å²) in [6.07, 6.45) is 1.55. The van der Waals surface area contributed by atoms with E-state index in [0.717, 1.165) is 32.9 Å². The van der Waals surface area contributed by atoms with E-state index in [1.165, 1.54) is 0 Å². The molecule has 5 N–H and O–H groups in total. The van der Waals surface area contributed by atoms with E-state index in [0.29, 0.717) is 12.4 Å². The Morgan fingerprint density at radius 2 is 1.85 bits per heavy atom. The second kappa shape index (κ2) is 8.71. The van der Waals surface area contributed by atoms with E-state index in [9.17, 15) is 4.79 Å². The molecule has 8 heteroatoms. The third kappa shape index (κ3) is 5.15.